The van der Waals surface area contributed by atoms with Gasteiger partial charge in [0, 0.05) is 11.3 Å². The number of aryl methyl sites for hydroxylation is 1. The molecule has 0 saturated heterocycles. The number of hydrogen-bond acceptors (Lipinski definition) is 4. The number of halogens is 1. The first-order valence-electron chi connectivity index (χ1n) is 8.63. The Balaban J connectivity index is 1.86. The number of carbonyl (C=O) groups excluding carboxylic acids is 1. The Labute approximate surface area is 168 Å². The lowest BCUT2D eigenvalue weighted by Crippen LogP contribution is -2.16. The van der Waals surface area contributed by atoms with Gasteiger partial charge < -0.3 is 10.1 Å². The summed E-state index contributed by atoms with van der Waals surface area (Å²) in [6.07, 6.45) is 0. The molecule has 0 aliphatic heterocycles. The summed E-state index contributed by atoms with van der Waals surface area (Å²) < 4.78 is 46.6. The van der Waals surface area contributed by atoms with Gasteiger partial charge in [0.25, 0.3) is 15.9 Å². The second kappa shape index (κ2) is 8.32. The topological polar surface area (TPSA) is 84.5 Å². The number of hydrogen-bond donors (Lipinski definition) is 2. The van der Waals surface area contributed by atoms with Crippen molar-refractivity contribution >= 4 is 27.3 Å². The summed E-state index contributed by atoms with van der Waals surface area (Å²) in [6.45, 7) is 1.73. The van der Waals surface area contributed by atoms with E-state index in [9.17, 15) is 17.6 Å². The van der Waals surface area contributed by atoms with E-state index in [4.69, 9.17) is 4.74 Å². The predicted molar refractivity (Wildman–Crippen MR) is 109 cm³/mol. The molecule has 0 radical (unpaired) electrons. The molecule has 0 bridgehead atoms. The van der Waals surface area contributed by atoms with Crippen LogP contribution in [0, 0.1) is 12.7 Å². The van der Waals surface area contributed by atoms with Gasteiger partial charge in [0.15, 0.2) is 0 Å². The highest BCUT2D eigenvalue weighted by Crippen LogP contribution is 2.26. The fourth-order valence-electron chi connectivity index (χ4n) is 2.66. The second-order valence-electron chi connectivity index (χ2n) is 6.25. The molecule has 0 unspecified atom stereocenters. The highest BCUT2D eigenvalue weighted by atomic mass is 32.2. The van der Waals surface area contributed by atoms with Gasteiger partial charge in [-0.3, -0.25) is 9.52 Å². The Kier molecular flexibility index (Phi) is 5.84. The molecule has 6 nitrogen and oxygen atoms in total. The highest BCUT2D eigenvalue weighted by molar-refractivity contribution is 7.92. The van der Waals surface area contributed by atoms with Crippen molar-refractivity contribution in [3.8, 4) is 5.75 Å². The predicted octanol–water partition coefficient (Wildman–Crippen LogP) is 4.20. The monoisotopic (exact) mass is 414 g/mol. The summed E-state index contributed by atoms with van der Waals surface area (Å²) in [5.41, 5.74) is 1.40. The maximum atomic E-state index is 13.4. The van der Waals surface area contributed by atoms with Crippen molar-refractivity contribution in [2.45, 2.75) is 11.8 Å². The van der Waals surface area contributed by atoms with Crippen molar-refractivity contribution in [1.82, 2.24) is 0 Å². The molecule has 0 aromatic heterocycles. The van der Waals surface area contributed by atoms with Crippen LogP contribution in [0.4, 0.5) is 15.8 Å². The molecule has 3 rings (SSSR count). The number of anilines is 2. The SMILES string of the molecule is COc1ccccc1NS(=O)(=O)c1cccc(C(=O)Nc2cc(F)ccc2C)c1. The number of nitrogens with one attached hydrogen (secondary N) is 2. The van der Waals surface area contributed by atoms with Crippen LogP contribution in [0.3, 0.4) is 0 Å². The minimum Gasteiger partial charge on any atom is -0.495 e. The Hall–Kier alpha value is -3.39. The Bertz CT molecular complexity index is 1160. The molecule has 8 heteroatoms. The van der Waals surface area contributed by atoms with Gasteiger partial charge in [-0.2, -0.15) is 0 Å². The molecule has 0 aliphatic carbocycles. The van der Waals surface area contributed by atoms with Gasteiger partial charge in [-0.25, -0.2) is 12.8 Å². The standard InChI is InChI=1S/C21H19FN2O4S/c1-14-10-11-16(22)13-19(14)23-21(25)15-6-5-7-17(12-15)29(26,27)24-18-8-3-4-9-20(18)28-2/h3-13,24H,1-2H3,(H,23,25). The number of ether oxygens (including phenoxy) is 1. The first kappa shape index (κ1) is 20.3. The van der Waals surface area contributed by atoms with Crippen molar-refractivity contribution in [3.63, 3.8) is 0 Å². The zero-order valence-corrected chi connectivity index (χ0v) is 16.6. The minimum atomic E-state index is -3.96. The molecule has 0 atom stereocenters. The highest BCUT2D eigenvalue weighted by Gasteiger charge is 2.18. The van der Waals surface area contributed by atoms with Gasteiger partial charge in [-0.05, 0) is 55.0 Å². The van der Waals surface area contributed by atoms with E-state index in [1.54, 1.807) is 37.3 Å². The zero-order valence-electron chi connectivity index (χ0n) is 15.8. The third-order valence-electron chi connectivity index (χ3n) is 4.21. The number of para-hydroxylation sites is 2. The van der Waals surface area contributed by atoms with Crippen LogP contribution in [0.25, 0.3) is 0 Å². The summed E-state index contributed by atoms with van der Waals surface area (Å²) in [4.78, 5) is 12.5. The number of benzene rings is 3. The van der Waals surface area contributed by atoms with Crippen LogP contribution in [0.15, 0.2) is 71.6 Å². The van der Waals surface area contributed by atoms with E-state index >= 15 is 0 Å². The van der Waals surface area contributed by atoms with Crippen molar-refractivity contribution in [2.75, 3.05) is 17.1 Å². The lowest BCUT2D eigenvalue weighted by molar-refractivity contribution is 0.102. The quantitative estimate of drug-likeness (QED) is 0.633. The van der Waals surface area contributed by atoms with Gasteiger partial charge in [-0.1, -0.05) is 24.3 Å². The summed E-state index contributed by atoms with van der Waals surface area (Å²) >= 11 is 0. The van der Waals surface area contributed by atoms with E-state index in [-0.39, 0.29) is 16.1 Å². The van der Waals surface area contributed by atoms with Crippen molar-refractivity contribution in [1.29, 1.82) is 0 Å². The van der Waals surface area contributed by atoms with E-state index in [1.807, 2.05) is 0 Å². The summed E-state index contributed by atoms with van der Waals surface area (Å²) in [6, 6.07) is 16.2. The maximum Gasteiger partial charge on any atom is 0.262 e. The number of sulfonamides is 1. The number of methoxy groups -OCH3 is 1. The molecule has 0 spiro atoms. The van der Waals surface area contributed by atoms with Gasteiger partial charge in [-0.15, -0.1) is 0 Å². The molecule has 3 aromatic rings. The minimum absolute atomic E-state index is 0.0907. The smallest absolute Gasteiger partial charge is 0.262 e. The number of rotatable bonds is 6. The third kappa shape index (κ3) is 4.72. The van der Waals surface area contributed by atoms with Gasteiger partial charge in [0.2, 0.25) is 0 Å². The second-order valence-corrected chi connectivity index (χ2v) is 7.93. The lowest BCUT2D eigenvalue weighted by Gasteiger charge is -2.13. The van der Waals surface area contributed by atoms with E-state index in [1.165, 1.54) is 43.5 Å². The third-order valence-corrected chi connectivity index (χ3v) is 5.57. The molecule has 0 aliphatic rings. The molecule has 0 saturated carbocycles. The Morgan fingerprint density at radius 2 is 1.72 bits per heavy atom. The van der Waals surface area contributed by atoms with Crippen molar-refractivity contribution in [3.05, 3.63) is 83.7 Å². The maximum absolute atomic E-state index is 13.4. The largest absolute Gasteiger partial charge is 0.495 e. The average molecular weight is 414 g/mol. The van der Waals surface area contributed by atoms with E-state index in [0.717, 1.165) is 0 Å². The van der Waals surface area contributed by atoms with E-state index in [2.05, 4.69) is 10.0 Å². The van der Waals surface area contributed by atoms with Crippen LogP contribution in [0.5, 0.6) is 5.75 Å². The van der Waals surface area contributed by atoms with Gasteiger partial charge in [0.05, 0.1) is 17.7 Å². The molecular weight excluding hydrogens is 395 g/mol. The van der Waals surface area contributed by atoms with E-state index in [0.29, 0.717) is 17.0 Å². The zero-order chi connectivity index (χ0) is 21.0. The van der Waals surface area contributed by atoms with Crippen molar-refractivity contribution in [2.24, 2.45) is 0 Å². The van der Waals surface area contributed by atoms with Crippen LogP contribution in [0.1, 0.15) is 15.9 Å². The molecule has 0 fully saturated rings. The van der Waals surface area contributed by atoms with Crippen molar-refractivity contribution < 1.29 is 22.3 Å². The average Bonchev–Trinajstić information content (AvgIpc) is 2.71. The molecule has 3 aromatic carbocycles. The Morgan fingerprint density at radius 1 is 0.966 bits per heavy atom. The first-order chi connectivity index (χ1) is 13.8. The molecule has 150 valence electrons. The molecule has 1 amide bonds. The summed E-state index contributed by atoms with van der Waals surface area (Å²) in [5.74, 6) is -0.664. The molecular formula is C21H19FN2O4S. The molecule has 0 heterocycles. The first-order valence-corrected chi connectivity index (χ1v) is 10.1. The number of amides is 1. The summed E-state index contributed by atoms with van der Waals surface area (Å²) in [7, 11) is -2.52. The van der Waals surface area contributed by atoms with Crippen LogP contribution in [-0.2, 0) is 10.0 Å². The number of carbonyl (C=O) groups is 1. The van der Waals surface area contributed by atoms with Crippen LogP contribution < -0.4 is 14.8 Å². The molecule has 2 N–H and O–H groups in total. The molecule has 29 heavy (non-hydrogen) atoms. The van der Waals surface area contributed by atoms with Crippen LogP contribution >= 0.6 is 0 Å². The normalized spacial score (nSPS) is 11.0. The Morgan fingerprint density at radius 3 is 2.48 bits per heavy atom. The fraction of sp³-hybridized carbons (Fsp3) is 0.0952. The fourth-order valence-corrected chi connectivity index (χ4v) is 3.78. The van der Waals surface area contributed by atoms with E-state index < -0.39 is 21.7 Å². The van der Waals surface area contributed by atoms with Crippen LogP contribution in [-0.4, -0.2) is 21.4 Å². The van der Waals surface area contributed by atoms with Gasteiger partial charge >= 0.3 is 0 Å². The lowest BCUT2D eigenvalue weighted by atomic mass is 10.1. The van der Waals surface area contributed by atoms with Gasteiger partial charge in [0.1, 0.15) is 11.6 Å². The van der Waals surface area contributed by atoms with Crippen LogP contribution in [0.2, 0.25) is 0 Å². The summed E-state index contributed by atoms with van der Waals surface area (Å²) in [5, 5.41) is 2.60.